The Morgan fingerprint density at radius 1 is 1.91 bits per heavy atom. The third-order valence-electron chi connectivity index (χ3n) is 1.25. The fourth-order valence-corrected chi connectivity index (χ4v) is 0.825. The van der Waals surface area contributed by atoms with Crippen LogP contribution in [0.4, 0.5) is 5.69 Å². The number of rotatable bonds is 2. The molecule has 0 saturated heterocycles. The Kier molecular flexibility index (Phi) is 2.54. The number of nitrogen functional groups attached to an aromatic ring is 1. The van der Waals surface area contributed by atoms with Crippen molar-refractivity contribution in [3.8, 4) is 0 Å². The van der Waals surface area contributed by atoms with Crippen LogP contribution < -0.4 is 5.73 Å². The summed E-state index contributed by atoms with van der Waals surface area (Å²) in [5.41, 5.74) is 8.72. The summed E-state index contributed by atoms with van der Waals surface area (Å²) in [5.74, 6) is 0. The first kappa shape index (κ1) is 8.14. The van der Waals surface area contributed by atoms with Crippen LogP contribution in [0.25, 0.3) is 0 Å². The van der Waals surface area contributed by atoms with E-state index in [1.807, 2.05) is 6.92 Å². The minimum Gasteiger partial charge on any atom is -0.396 e. The summed E-state index contributed by atoms with van der Waals surface area (Å²) in [6.45, 7) is 2.63. The van der Waals surface area contributed by atoms with E-state index in [4.69, 9.17) is 17.3 Å². The highest BCUT2D eigenvalue weighted by molar-refractivity contribution is 6.25. The quantitative estimate of drug-likeness (QED) is 0.735. The summed E-state index contributed by atoms with van der Waals surface area (Å²) in [7, 11) is 0. The molecule has 2 N–H and O–H groups in total. The van der Waals surface area contributed by atoms with Gasteiger partial charge in [0, 0.05) is 11.7 Å². The summed E-state index contributed by atoms with van der Waals surface area (Å²) < 4.78 is 1.74. The second-order valence-electron chi connectivity index (χ2n) is 2.43. The van der Waals surface area contributed by atoms with Gasteiger partial charge in [0.25, 0.3) is 0 Å². The van der Waals surface area contributed by atoms with Crippen LogP contribution in [0.1, 0.15) is 6.92 Å². The molecule has 1 rings (SSSR count). The minimum absolute atomic E-state index is 0.673. The molecule has 11 heavy (non-hydrogen) atoms. The van der Waals surface area contributed by atoms with Gasteiger partial charge in [-0.15, -0.1) is 0 Å². The van der Waals surface area contributed by atoms with Gasteiger partial charge in [-0.25, -0.2) is 0 Å². The van der Waals surface area contributed by atoms with Gasteiger partial charge in [0.15, 0.2) is 0 Å². The van der Waals surface area contributed by atoms with Crippen molar-refractivity contribution >= 4 is 17.3 Å². The van der Waals surface area contributed by atoms with E-state index in [0.29, 0.717) is 12.2 Å². The van der Waals surface area contributed by atoms with E-state index in [2.05, 4.69) is 5.10 Å². The van der Waals surface area contributed by atoms with E-state index < -0.39 is 0 Å². The van der Waals surface area contributed by atoms with Crippen LogP contribution in [0.2, 0.25) is 0 Å². The molecule has 0 fully saturated rings. The molecule has 0 aromatic carbocycles. The average Bonchev–Trinajstić information content (AvgIpc) is 2.35. The Bertz CT molecular complexity index is 264. The number of hydrogen-bond donors (Lipinski definition) is 1. The third-order valence-corrected chi connectivity index (χ3v) is 1.62. The lowest BCUT2D eigenvalue weighted by Gasteiger charge is -1.98. The SMILES string of the molecule is C/C(=C\Cl)Cn1cc(N)cn1. The van der Waals surface area contributed by atoms with Crippen molar-refractivity contribution in [1.29, 1.82) is 0 Å². The number of halogens is 1. The molecule has 1 heterocycles. The Balaban J connectivity index is 2.65. The number of nitrogens with zero attached hydrogens (tertiary/aromatic N) is 2. The molecule has 0 saturated carbocycles. The molecule has 0 spiro atoms. The van der Waals surface area contributed by atoms with E-state index >= 15 is 0 Å². The maximum atomic E-state index is 5.47. The highest BCUT2D eigenvalue weighted by Gasteiger charge is 1.94. The number of anilines is 1. The molecule has 0 aliphatic carbocycles. The van der Waals surface area contributed by atoms with E-state index in [-0.39, 0.29) is 0 Å². The van der Waals surface area contributed by atoms with E-state index in [1.54, 1.807) is 17.1 Å². The van der Waals surface area contributed by atoms with Crippen LogP contribution in [0.3, 0.4) is 0 Å². The predicted octanol–water partition coefficient (Wildman–Crippen LogP) is 1.61. The van der Waals surface area contributed by atoms with E-state index in [0.717, 1.165) is 5.57 Å². The van der Waals surface area contributed by atoms with E-state index in [1.165, 1.54) is 5.54 Å². The molecule has 0 amide bonds. The lowest BCUT2D eigenvalue weighted by Crippen LogP contribution is -1.98. The van der Waals surface area contributed by atoms with Crippen molar-refractivity contribution < 1.29 is 0 Å². The van der Waals surface area contributed by atoms with Crippen LogP contribution in [0.5, 0.6) is 0 Å². The Hall–Kier alpha value is -0.960. The number of allylic oxidation sites excluding steroid dienone is 1. The smallest absolute Gasteiger partial charge is 0.0719 e. The van der Waals surface area contributed by atoms with Gasteiger partial charge >= 0.3 is 0 Å². The highest BCUT2D eigenvalue weighted by Crippen LogP contribution is 2.02. The number of aromatic nitrogens is 2. The predicted molar refractivity (Wildman–Crippen MR) is 46.2 cm³/mol. The zero-order valence-corrected chi connectivity index (χ0v) is 7.04. The number of nitrogens with two attached hydrogens (primary N) is 1. The van der Waals surface area contributed by atoms with Gasteiger partial charge in [0.05, 0.1) is 18.4 Å². The zero-order chi connectivity index (χ0) is 8.27. The molecule has 0 radical (unpaired) electrons. The molecule has 0 aliphatic heterocycles. The van der Waals surface area contributed by atoms with Crippen molar-refractivity contribution in [2.24, 2.45) is 0 Å². The first-order valence-corrected chi connectivity index (χ1v) is 3.70. The van der Waals surface area contributed by atoms with Crippen molar-refractivity contribution in [2.45, 2.75) is 13.5 Å². The third kappa shape index (κ3) is 2.27. The summed E-state index contributed by atoms with van der Waals surface area (Å²) in [6.07, 6.45) is 3.38. The lowest BCUT2D eigenvalue weighted by molar-refractivity contribution is 0.678. The molecule has 1 aromatic heterocycles. The van der Waals surface area contributed by atoms with Crippen molar-refractivity contribution in [2.75, 3.05) is 5.73 Å². The molecule has 0 unspecified atom stereocenters. The Morgan fingerprint density at radius 3 is 3.09 bits per heavy atom. The fraction of sp³-hybridized carbons (Fsp3) is 0.286. The van der Waals surface area contributed by atoms with Crippen LogP contribution in [-0.4, -0.2) is 9.78 Å². The molecule has 60 valence electrons. The molecule has 0 atom stereocenters. The second kappa shape index (κ2) is 3.44. The van der Waals surface area contributed by atoms with E-state index in [9.17, 15) is 0 Å². The second-order valence-corrected chi connectivity index (χ2v) is 2.64. The lowest BCUT2D eigenvalue weighted by atomic mass is 10.3. The van der Waals surface area contributed by atoms with Gasteiger partial charge in [-0.1, -0.05) is 11.6 Å². The van der Waals surface area contributed by atoms with Crippen LogP contribution >= 0.6 is 11.6 Å². The minimum atomic E-state index is 0.673. The van der Waals surface area contributed by atoms with Gasteiger partial charge in [-0.2, -0.15) is 5.10 Å². The largest absolute Gasteiger partial charge is 0.396 e. The van der Waals surface area contributed by atoms with Gasteiger partial charge in [-0.3, -0.25) is 4.68 Å². The van der Waals surface area contributed by atoms with Crippen molar-refractivity contribution in [1.82, 2.24) is 9.78 Å². The molecule has 1 aromatic rings. The van der Waals surface area contributed by atoms with Crippen LogP contribution in [-0.2, 0) is 6.54 Å². The molecule has 0 bridgehead atoms. The zero-order valence-electron chi connectivity index (χ0n) is 6.29. The van der Waals surface area contributed by atoms with Crippen molar-refractivity contribution in [3.63, 3.8) is 0 Å². The van der Waals surface area contributed by atoms with Crippen LogP contribution in [0.15, 0.2) is 23.5 Å². The topological polar surface area (TPSA) is 43.8 Å². The summed E-state index contributed by atoms with van der Waals surface area (Å²) in [6, 6.07) is 0. The van der Waals surface area contributed by atoms with Gasteiger partial charge < -0.3 is 5.73 Å². The molecule has 0 aliphatic rings. The Morgan fingerprint density at radius 2 is 2.64 bits per heavy atom. The van der Waals surface area contributed by atoms with Crippen LogP contribution in [0, 0.1) is 0 Å². The summed E-state index contributed by atoms with van der Waals surface area (Å²) in [5, 5.41) is 4.00. The summed E-state index contributed by atoms with van der Waals surface area (Å²) >= 11 is 5.47. The molecule has 4 heteroatoms. The normalized spacial score (nSPS) is 12.0. The first-order valence-electron chi connectivity index (χ1n) is 3.26. The Labute approximate surface area is 70.5 Å². The first-order chi connectivity index (χ1) is 5.22. The number of hydrogen-bond acceptors (Lipinski definition) is 2. The van der Waals surface area contributed by atoms with Gasteiger partial charge in [0.2, 0.25) is 0 Å². The maximum Gasteiger partial charge on any atom is 0.0719 e. The van der Waals surface area contributed by atoms with Gasteiger partial charge in [0.1, 0.15) is 0 Å². The average molecular weight is 172 g/mol. The van der Waals surface area contributed by atoms with Gasteiger partial charge in [-0.05, 0) is 12.5 Å². The standard InChI is InChI=1S/C7H10ClN3/c1-6(2-8)4-11-5-7(9)3-10-11/h2-3,5H,4,9H2,1H3/b6-2+. The van der Waals surface area contributed by atoms with Crippen molar-refractivity contribution in [3.05, 3.63) is 23.5 Å². The molecule has 3 nitrogen and oxygen atoms in total. The maximum absolute atomic E-state index is 5.47. The molecular weight excluding hydrogens is 162 g/mol. The monoisotopic (exact) mass is 171 g/mol. The highest BCUT2D eigenvalue weighted by atomic mass is 35.5. The summed E-state index contributed by atoms with van der Waals surface area (Å²) in [4.78, 5) is 0. The molecular formula is C7H10ClN3. The fourth-order valence-electron chi connectivity index (χ4n) is 0.756.